The summed E-state index contributed by atoms with van der Waals surface area (Å²) in [5, 5.41) is 12.8. The highest BCUT2D eigenvalue weighted by Gasteiger charge is 2.27. The lowest BCUT2D eigenvalue weighted by atomic mass is 9.97. The Morgan fingerprint density at radius 1 is 1.38 bits per heavy atom. The maximum atomic E-state index is 13.4. The Kier molecular flexibility index (Phi) is 5.14. The average Bonchev–Trinajstić information content (AvgIpc) is 2.61. The number of carbonyl (C=O) groups is 1. The number of fused-ring (bicyclic) bond motifs is 1. The highest BCUT2D eigenvalue weighted by Crippen LogP contribution is 2.27. The molecule has 2 aromatic carbocycles. The topological polar surface area (TPSA) is 58.6 Å². The van der Waals surface area contributed by atoms with Crippen molar-refractivity contribution in [1.82, 2.24) is 5.32 Å². The van der Waals surface area contributed by atoms with Gasteiger partial charge in [-0.3, -0.25) is 4.79 Å². The van der Waals surface area contributed by atoms with Crippen molar-refractivity contribution in [3.8, 4) is 0 Å². The Hall–Kier alpha value is -1.95. The van der Waals surface area contributed by atoms with Gasteiger partial charge >= 0.3 is 0 Å². The van der Waals surface area contributed by atoms with Gasteiger partial charge in [0.05, 0.1) is 17.7 Å². The van der Waals surface area contributed by atoms with Crippen LogP contribution in [0.5, 0.6) is 0 Å². The second-order valence-electron chi connectivity index (χ2n) is 5.63. The molecule has 1 aliphatic heterocycles. The molecule has 0 saturated heterocycles. The van der Waals surface area contributed by atoms with E-state index in [1.165, 1.54) is 12.1 Å². The van der Waals surface area contributed by atoms with Crippen LogP contribution in [0.1, 0.15) is 28.9 Å². The van der Waals surface area contributed by atoms with Crippen molar-refractivity contribution >= 4 is 17.5 Å². The van der Waals surface area contributed by atoms with Crippen molar-refractivity contribution in [3.63, 3.8) is 0 Å². The van der Waals surface area contributed by atoms with Crippen LogP contribution in [0, 0.1) is 5.82 Å². The first kappa shape index (κ1) is 16.9. The van der Waals surface area contributed by atoms with E-state index in [-0.39, 0.29) is 17.5 Å². The minimum Gasteiger partial charge on any atom is -0.387 e. The van der Waals surface area contributed by atoms with Gasteiger partial charge in [-0.25, -0.2) is 4.39 Å². The van der Waals surface area contributed by atoms with Gasteiger partial charge in [-0.15, -0.1) is 0 Å². The molecule has 6 heteroatoms. The fraction of sp³-hybridized carbons (Fsp3) is 0.278. The van der Waals surface area contributed by atoms with E-state index in [0.29, 0.717) is 12.2 Å². The Morgan fingerprint density at radius 3 is 2.96 bits per heavy atom. The summed E-state index contributed by atoms with van der Waals surface area (Å²) in [6.45, 7) is 0.433. The smallest absolute Gasteiger partial charge is 0.253 e. The molecule has 24 heavy (non-hydrogen) atoms. The van der Waals surface area contributed by atoms with Gasteiger partial charge in [0.1, 0.15) is 5.82 Å². The SMILES string of the molecule is O=C(NCC(O)c1ccc(Cl)c(F)c1)C1OCCc2ccccc21. The van der Waals surface area contributed by atoms with E-state index in [1.807, 2.05) is 24.3 Å². The number of hydrogen-bond donors (Lipinski definition) is 2. The van der Waals surface area contributed by atoms with Crippen LogP contribution in [0.15, 0.2) is 42.5 Å². The molecule has 126 valence electrons. The van der Waals surface area contributed by atoms with E-state index in [4.69, 9.17) is 16.3 Å². The van der Waals surface area contributed by atoms with Gasteiger partial charge in [0, 0.05) is 6.54 Å². The lowest BCUT2D eigenvalue weighted by molar-refractivity contribution is -0.134. The quantitative estimate of drug-likeness (QED) is 0.892. The fourth-order valence-electron chi connectivity index (χ4n) is 2.74. The van der Waals surface area contributed by atoms with Crippen LogP contribution in [0.25, 0.3) is 0 Å². The highest BCUT2D eigenvalue weighted by molar-refractivity contribution is 6.30. The summed E-state index contributed by atoms with van der Waals surface area (Å²) < 4.78 is 19.0. The number of aliphatic hydroxyl groups excluding tert-OH is 1. The van der Waals surface area contributed by atoms with E-state index >= 15 is 0 Å². The first-order valence-electron chi connectivity index (χ1n) is 7.66. The number of benzene rings is 2. The molecule has 0 aliphatic carbocycles. The largest absolute Gasteiger partial charge is 0.387 e. The second kappa shape index (κ2) is 7.30. The van der Waals surface area contributed by atoms with Crippen LogP contribution in [0.4, 0.5) is 4.39 Å². The third-order valence-electron chi connectivity index (χ3n) is 4.03. The molecule has 1 amide bonds. The zero-order valence-electron chi connectivity index (χ0n) is 12.8. The number of aliphatic hydroxyl groups is 1. The van der Waals surface area contributed by atoms with Crippen LogP contribution in [-0.4, -0.2) is 24.2 Å². The van der Waals surface area contributed by atoms with Crippen LogP contribution in [-0.2, 0) is 16.0 Å². The van der Waals surface area contributed by atoms with Crippen LogP contribution in [0.3, 0.4) is 0 Å². The van der Waals surface area contributed by atoms with Crippen LogP contribution < -0.4 is 5.32 Å². The predicted molar refractivity (Wildman–Crippen MR) is 88.2 cm³/mol. The molecule has 1 aliphatic rings. The van der Waals surface area contributed by atoms with Gasteiger partial charge in [-0.2, -0.15) is 0 Å². The molecule has 0 bridgehead atoms. The van der Waals surface area contributed by atoms with Crippen LogP contribution in [0.2, 0.25) is 5.02 Å². The Balaban J connectivity index is 1.64. The molecular formula is C18H17ClFNO3. The first-order chi connectivity index (χ1) is 11.6. The molecule has 0 radical (unpaired) electrons. The number of halogens is 2. The number of rotatable bonds is 4. The number of carbonyl (C=O) groups excluding carboxylic acids is 1. The predicted octanol–water partition coefficient (Wildman–Crippen LogP) is 2.94. The number of nitrogens with one attached hydrogen (secondary N) is 1. The summed E-state index contributed by atoms with van der Waals surface area (Å²) in [5.41, 5.74) is 2.28. The summed E-state index contributed by atoms with van der Waals surface area (Å²) in [4.78, 5) is 12.4. The minimum atomic E-state index is -1.03. The Labute approximate surface area is 144 Å². The molecule has 0 saturated carbocycles. The lowest BCUT2D eigenvalue weighted by Crippen LogP contribution is -2.36. The van der Waals surface area contributed by atoms with E-state index in [2.05, 4.69) is 5.32 Å². The molecule has 0 aromatic heterocycles. The number of hydrogen-bond acceptors (Lipinski definition) is 3. The van der Waals surface area contributed by atoms with E-state index in [0.717, 1.165) is 23.6 Å². The molecule has 4 nitrogen and oxygen atoms in total. The highest BCUT2D eigenvalue weighted by atomic mass is 35.5. The summed E-state index contributed by atoms with van der Waals surface area (Å²) in [5.74, 6) is -0.931. The molecular weight excluding hydrogens is 333 g/mol. The van der Waals surface area contributed by atoms with Gasteiger partial charge in [0.2, 0.25) is 0 Å². The minimum absolute atomic E-state index is 0.0119. The van der Waals surface area contributed by atoms with Crippen LogP contribution >= 0.6 is 11.6 Å². The Bertz CT molecular complexity index is 753. The molecule has 2 N–H and O–H groups in total. The van der Waals surface area contributed by atoms with Crippen molar-refractivity contribution in [3.05, 3.63) is 70.0 Å². The van der Waals surface area contributed by atoms with Crippen molar-refractivity contribution in [2.75, 3.05) is 13.2 Å². The van der Waals surface area contributed by atoms with E-state index in [9.17, 15) is 14.3 Å². The van der Waals surface area contributed by atoms with Crippen molar-refractivity contribution in [2.24, 2.45) is 0 Å². The summed E-state index contributed by atoms with van der Waals surface area (Å²) in [6, 6.07) is 11.7. The van der Waals surface area contributed by atoms with Crippen molar-refractivity contribution in [2.45, 2.75) is 18.6 Å². The molecule has 2 unspecified atom stereocenters. The molecule has 2 atom stereocenters. The maximum Gasteiger partial charge on any atom is 0.253 e. The normalized spacial score (nSPS) is 17.9. The standard InChI is InChI=1S/C18H17ClFNO3/c19-14-6-5-12(9-15(14)20)16(22)10-21-18(23)17-13-4-2-1-3-11(13)7-8-24-17/h1-6,9,16-17,22H,7-8,10H2,(H,21,23). The zero-order valence-corrected chi connectivity index (χ0v) is 13.6. The molecule has 0 fully saturated rings. The maximum absolute atomic E-state index is 13.4. The number of amides is 1. The fourth-order valence-corrected chi connectivity index (χ4v) is 2.86. The van der Waals surface area contributed by atoms with Crippen molar-refractivity contribution < 1.29 is 19.0 Å². The molecule has 3 rings (SSSR count). The van der Waals surface area contributed by atoms with Gasteiger partial charge in [0.15, 0.2) is 6.10 Å². The van der Waals surface area contributed by atoms with Gasteiger partial charge in [-0.05, 0) is 35.2 Å². The monoisotopic (exact) mass is 349 g/mol. The van der Waals surface area contributed by atoms with Gasteiger partial charge in [-0.1, -0.05) is 41.9 Å². The zero-order chi connectivity index (χ0) is 17.1. The molecule has 2 aromatic rings. The third kappa shape index (κ3) is 3.59. The van der Waals surface area contributed by atoms with E-state index in [1.54, 1.807) is 0 Å². The third-order valence-corrected chi connectivity index (χ3v) is 4.34. The summed E-state index contributed by atoms with van der Waals surface area (Å²) >= 11 is 5.62. The average molecular weight is 350 g/mol. The lowest BCUT2D eigenvalue weighted by Gasteiger charge is -2.25. The summed E-state index contributed by atoms with van der Waals surface area (Å²) in [7, 11) is 0. The summed E-state index contributed by atoms with van der Waals surface area (Å²) in [6.07, 6.45) is -0.948. The first-order valence-corrected chi connectivity index (χ1v) is 8.04. The van der Waals surface area contributed by atoms with E-state index < -0.39 is 18.0 Å². The molecule has 1 heterocycles. The van der Waals surface area contributed by atoms with Crippen molar-refractivity contribution in [1.29, 1.82) is 0 Å². The Morgan fingerprint density at radius 2 is 2.17 bits per heavy atom. The van der Waals surface area contributed by atoms with Gasteiger partial charge in [0.25, 0.3) is 5.91 Å². The van der Waals surface area contributed by atoms with Gasteiger partial charge < -0.3 is 15.2 Å². The second-order valence-corrected chi connectivity index (χ2v) is 6.04. The molecule has 0 spiro atoms. The number of ether oxygens (including phenoxy) is 1.